The number of hydrogen-bond acceptors (Lipinski definition) is 2. The van der Waals surface area contributed by atoms with Gasteiger partial charge in [0.25, 0.3) is 0 Å². The largest absolute Gasteiger partial charge is 0.390 e. The van der Waals surface area contributed by atoms with E-state index in [9.17, 15) is 5.11 Å². The molecule has 68 valence electrons. The standard InChI is InChI=1S/C10H17NO/c1-3-7-11-8-4-5-10(2,12)6-9-11/h1,12H,4-9H2,2H3. The van der Waals surface area contributed by atoms with Crippen molar-refractivity contribution in [3.63, 3.8) is 0 Å². The van der Waals surface area contributed by atoms with Gasteiger partial charge >= 0.3 is 0 Å². The molecule has 0 saturated carbocycles. The lowest BCUT2D eigenvalue weighted by molar-refractivity contribution is 0.0450. The Morgan fingerprint density at radius 1 is 1.50 bits per heavy atom. The van der Waals surface area contributed by atoms with E-state index in [4.69, 9.17) is 6.42 Å². The lowest BCUT2D eigenvalue weighted by atomic mass is 9.98. The van der Waals surface area contributed by atoms with Gasteiger partial charge < -0.3 is 5.11 Å². The van der Waals surface area contributed by atoms with E-state index in [0.717, 1.165) is 38.9 Å². The highest BCUT2D eigenvalue weighted by molar-refractivity contribution is 4.90. The summed E-state index contributed by atoms with van der Waals surface area (Å²) in [5.41, 5.74) is -0.469. The van der Waals surface area contributed by atoms with Gasteiger partial charge in [-0.3, -0.25) is 4.90 Å². The zero-order valence-electron chi connectivity index (χ0n) is 7.71. The van der Waals surface area contributed by atoms with Crippen LogP contribution >= 0.6 is 0 Å². The van der Waals surface area contributed by atoms with Gasteiger partial charge in [-0.1, -0.05) is 5.92 Å². The Labute approximate surface area is 74.6 Å². The maximum atomic E-state index is 9.76. The molecule has 2 heteroatoms. The number of nitrogens with zero attached hydrogens (tertiary/aromatic N) is 1. The van der Waals surface area contributed by atoms with Crippen molar-refractivity contribution < 1.29 is 5.11 Å². The lowest BCUT2D eigenvalue weighted by Crippen LogP contribution is -2.28. The number of likely N-dealkylation sites (tertiary alicyclic amines) is 1. The first kappa shape index (κ1) is 9.57. The first-order valence-corrected chi connectivity index (χ1v) is 4.52. The topological polar surface area (TPSA) is 23.5 Å². The highest BCUT2D eigenvalue weighted by atomic mass is 16.3. The van der Waals surface area contributed by atoms with Gasteiger partial charge in [0.15, 0.2) is 0 Å². The molecule has 0 aliphatic carbocycles. The van der Waals surface area contributed by atoms with Gasteiger partial charge in [0.1, 0.15) is 0 Å². The van der Waals surface area contributed by atoms with Crippen LogP contribution in [-0.2, 0) is 0 Å². The summed E-state index contributed by atoms with van der Waals surface area (Å²) >= 11 is 0. The van der Waals surface area contributed by atoms with Crippen molar-refractivity contribution in [1.82, 2.24) is 4.90 Å². The van der Waals surface area contributed by atoms with Crippen LogP contribution in [0, 0.1) is 12.3 Å². The summed E-state index contributed by atoms with van der Waals surface area (Å²) in [6, 6.07) is 0. The van der Waals surface area contributed by atoms with Gasteiger partial charge in [-0.05, 0) is 32.7 Å². The normalized spacial score (nSPS) is 32.4. The summed E-state index contributed by atoms with van der Waals surface area (Å²) in [6.07, 6.45) is 8.01. The third-order valence-electron chi connectivity index (χ3n) is 2.47. The fourth-order valence-corrected chi connectivity index (χ4v) is 1.61. The monoisotopic (exact) mass is 167 g/mol. The van der Waals surface area contributed by atoms with Gasteiger partial charge in [0.05, 0.1) is 12.1 Å². The second-order valence-electron chi connectivity index (χ2n) is 3.83. The van der Waals surface area contributed by atoms with Crippen molar-refractivity contribution >= 4 is 0 Å². The first-order chi connectivity index (χ1) is 5.64. The van der Waals surface area contributed by atoms with Crippen LogP contribution in [0.15, 0.2) is 0 Å². The summed E-state index contributed by atoms with van der Waals surface area (Å²) in [4.78, 5) is 2.22. The van der Waals surface area contributed by atoms with E-state index < -0.39 is 5.60 Å². The molecule has 0 aromatic carbocycles. The first-order valence-electron chi connectivity index (χ1n) is 4.52. The predicted octanol–water partition coefficient (Wildman–Crippen LogP) is 0.857. The molecule has 2 nitrogen and oxygen atoms in total. The molecule has 12 heavy (non-hydrogen) atoms. The molecule has 1 unspecified atom stereocenters. The second-order valence-corrected chi connectivity index (χ2v) is 3.83. The number of aliphatic hydroxyl groups is 1. The van der Waals surface area contributed by atoms with Crippen LogP contribution in [0.25, 0.3) is 0 Å². The molecule has 1 aliphatic rings. The summed E-state index contributed by atoms with van der Waals surface area (Å²) in [5, 5.41) is 9.76. The molecule has 1 aliphatic heterocycles. The van der Waals surface area contributed by atoms with E-state index in [1.165, 1.54) is 0 Å². The third kappa shape index (κ3) is 2.84. The maximum Gasteiger partial charge on any atom is 0.0632 e. The molecule has 0 aromatic rings. The van der Waals surface area contributed by atoms with Crippen molar-refractivity contribution in [2.45, 2.75) is 31.8 Å². The molecular formula is C10H17NO. The van der Waals surface area contributed by atoms with E-state index in [1.807, 2.05) is 6.92 Å². The fraction of sp³-hybridized carbons (Fsp3) is 0.800. The van der Waals surface area contributed by atoms with Crippen molar-refractivity contribution in [1.29, 1.82) is 0 Å². The molecule has 1 heterocycles. The van der Waals surface area contributed by atoms with E-state index in [1.54, 1.807) is 0 Å². The molecule has 0 radical (unpaired) electrons. The van der Waals surface area contributed by atoms with Crippen LogP contribution in [0.1, 0.15) is 26.2 Å². The molecule has 0 amide bonds. The Morgan fingerprint density at radius 2 is 2.25 bits per heavy atom. The number of terminal acetylenes is 1. The van der Waals surface area contributed by atoms with Gasteiger partial charge in [0.2, 0.25) is 0 Å². The Bertz CT molecular complexity index is 181. The molecule has 0 bridgehead atoms. The van der Waals surface area contributed by atoms with Crippen LogP contribution in [0.3, 0.4) is 0 Å². The smallest absolute Gasteiger partial charge is 0.0632 e. The summed E-state index contributed by atoms with van der Waals surface area (Å²) in [5.74, 6) is 2.64. The number of rotatable bonds is 1. The molecule has 1 rings (SSSR count). The Morgan fingerprint density at radius 3 is 2.92 bits per heavy atom. The van der Waals surface area contributed by atoms with Crippen LogP contribution in [0.4, 0.5) is 0 Å². The van der Waals surface area contributed by atoms with E-state index in [0.29, 0.717) is 0 Å². The molecule has 1 N–H and O–H groups in total. The minimum Gasteiger partial charge on any atom is -0.390 e. The summed E-state index contributed by atoms with van der Waals surface area (Å²) in [6.45, 7) is 4.58. The highest BCUT2D eigenvalue weighted by Crippen LogP contribution is 2.20. The molecule has 0 spiro atoms. The maximum absolute atomic E-state index is 9.76. The minimum atomic E-state index is -0.469. The molecule has 0 aromatic heterocycles. The van der Waals surface area contributed by atoms with E-state index in [-0.39, 0.29) is 0 Å². The van der Waals surface area contributed by atoms with Gasteiger partial charge in [0, 0.05) is 6.54 Å². The van der Waals surface area contributed by atoms with Gasteiger partial charge in [-0.15, -0.1) is 6.42 Å². The summed E-state index contributed by atoms with van der Waals surface area (Å²) in [7, 11) is 0. The highest BCUT2D eigenvalue weighted by Gasteiger charge is 2.24. The van der Waals surface area contributed by atoms with Crippen LogP contribution in [0.5, 0.6) is 0 Å². The fourth-order valence-electron chi connectivity index (χ4n) is 1.61. The Kier molecular flexibility index (Phi) is 3.13. The number of hydrogen-bond donors (Lipinski definition) is 1. The van der Waals surface area contributed by atoms with Crippen LogP contribution in [-0.4, -0.2) is 35.2 Å². The zero-order chi connectivity index (χ0) is 9.03. The molecular weight excluding hydrogens is 150 g/mol. The van der Waals surface area contributed by atoms with Crippen LogP contribution in [0.2, 0.25) is 0 Å². The zero-order valence-corrected chi connectivity index (χ0v) is 7.71. The summed E-state index contributed by atoms with van der Waals surface area (Å²) < 4.78 is 0. The lowest BCUT2D eigenvalue weighted by Gasteiger charge is -2.20. The SMILES string of the molecule is C#CCN1CCCC(C)(O)CC1. The van der Waals surface area contributed by atoms with E-state index >= 15 is 0 Å². The van der Waals surface area contributed by atoms with Gasteiger partial charge in [-0.2, -0.15) is 0 Å². The molecule has 1 atom stereocenters. The molecule has 1 fully saturated rings. The van der Waals surface area contributed by atoms with Gasteiger partial charge in [-0.25, -0.2) is 0 Å². The average Bonchev–Trinajstić information content (AvgIpc) is 2.14. The Hall–Kier alpha value is -0.520. The minimum absolute atomic E-state index is 0.469. The quantitative estimate of drug-likeness (QED) is 0.585. The van der Waals surface area contributed by atoms with Crippen molar-refractivity contribution in [2.24, 2.45) is 0 Å². The van der Waals surface area contributed by atoms with E-state index in [2.05, 4.69) is 10.8 Å². The third-order valence-corrected chi connectivity index (χ3v) is 2.47. The van der Waals surface area contributed by atoms with Crippen molar-refractivity contribution in [2.75, 3.05) is 19.6 Å². The van der Waals surface area contributed by atoms with Crippen molar-refractivity contribution in [3.8, 4) is 12.3 Å². The predicted molar refractivity (Wildman–Crippen MR) is 49.7 cm³/mol. The molecule has 1 saturated heterocycles. The van der Waals surface area contributed by atoms with Crippen molar-refractivity contribution in [3.05, 3.63) is 0 Å². The average molecular weight is 167 g/mol. The Balaban J connectivity index is 2.40. The second kappa shape index (κ2) is 3.93. The van der Waals surface area contributed by atoms with Crippen LogP contribution < -0.4 is 0 Å².